The molecule has 0 aliphatic carbocycles. The number of hydrogen-bond donors (Lipinski definition) is 2. The fraction of sp³-hybridized carbons (Fsp3) is 0.310. The van der Waals surface area contributed by atoms with Crippen LogP contribution in [0.5, 0.6) is 5.75 Å². The van der Waals surface area contributed by atoms with Gasteiger partial charge in [0.2, 0.25) is 0 Å². The van der Waals surface area contributed by atoms with Gasteiger partial charge in [0.25, 0.3) is 11.5 Å². The highest BCUT2D eigenvalue weighted by atomic mass is 32.2. The second kappa shape index (κ2) is 11.3. The third-order valence-electron chi connectivity index (χ3n) is 6.89. The Hall–Kier alpha value is -3.22. The first-order valence-electron chi connectivity index (χ1n) is 13.0. The highest BCUT2D eigenvalue weighted by molar-refractivity contribution is 7.90. The summed E-state index contributed by atoms with van der Waals surface area (Å²) in [4.78, 5) is 26.8. The topological polar surface area (TPSA) is 123 Å². The van der Waals surface area contributed by atoms with Gasteiger partial charge in [0, 0.05) is 41.1 Å². The maximum absolute atomic E-state index is 13.6. The summed E-state index contributed by atoms with van der Waals surface area (Å²) in [5, 5.41) is 3.58. The summed E-state index contributed by atoms with van der Waals surface area (Å²) in [6, 6.07) is 12.9. The minimum absolute atomic E-state index is 0.0764. The van der Waals surface area contributed by atoms with Gasteiger partial charge in [-0.1, -0.05) is 31.5 Å². The molecule has 0 fully saturated rings. The molecular formula is C29H32N4O5S2. The number of amides is 1. The predicted molar refractivity (Wildman–Crippen MR) is 159 cm³/mol. The Labute approximate surface area is 239 Å². The summed E-state index contributed by atoms with van der Waals surface area (Å²) in [7, 11) is 1.65. The first kappa shape index (κ1) is 28.3. The number of aromatic nitrogens is 2. The van der Waals surface area contributed by atoms with E-state index < -0.39 is 28.8 Å². The molecule has 2 N–H and O–H groups in total. The predicted octanol–water partition coefficient (Wildman–Crippen LogP) is 4.02. The lowest BCUT2D eigenvalue weighted by molar-refractivity contribution is -0.125. The number of nitrogens with zero attached hydrogens (tertiary/aromatic N) is 2. The number of anilines is 1. The minimum Gasteiger partial charge on any atom is -0.598 e. The van der Waals surface area contributed by atoms with Gasteiger partial charge >= 0.3 is 0 Å². The van der Waals surface area contributed by atoms with Crippen LogP contribution in [0.1, 0.15) is 31.9 Å². The van der Waals surface area contributed by atoms with Gasteiger partial charge in [0.1, 0.15) is 17.1 Å². The van der Waals surface area contributed by atoms with E-state index in [1.165, 1.54) is 8.54 Å². The number of fused-ring (bicyclic) bond motifs is 2. The third kappa shape index (κ3) is 5.27. The first-order valence-corrected chi connectivity index (χ1v) is 15.5. The zero-order chi connectivity index (χ0) is 28.7. The van der Waals surface area contributed by atoms with Gasteiger partial charge < -0.3 is 23.7 Å². The normalized spacial score (nSPS) is 16.5. The maximum atomic E-state index is 13.6. The molecule has 4 aromatic rings. The standard InChI is InChI=1S/C29H32N4O5S2/c1-6-39(36)30-15-19-13-22(27-24(14-19)31-28(34)26(38-27)17(2)3)23-16-32(5)29(35)25-21(23)11-12-33(25)40(37)20-9-7-18(4)8-10-20/h7-14,16-17,26,30H,6,15H2,1-5H3,(H,31,34). The second-order valence-electron chi connectivity index (χ2n) is 10.2. The van der Waals surface area contributed by atoms with Crippen molar-refractivity contribution in [1.29, 1.82) is 0 Å². The summed E-state index contributed by atoms with van der Waals surface area (Å²) in [6.07, 6.45) is 2.70. The molecule has 1 amide bonds. The van der Waals surface area contributed by atoms with Crippen LogP contribution in [-0.2, 0) is 41.1 Å². The van der Waals surface area contributed by atoms with Crippen molar-refractivity contribution in [2.45, 2.75) is 45.2 Å². The Kier molecular flexibility index (Phi) is 8.03. The lowest BCUT2D eigenvalue weighted by Crippen LogP contribution is -2.40. The van der Waals surface area contributed by atoms with Crippen LogP contribution in [0.15, 0.2) is 64.5 Å². The Morgan fingerprint density at radius 3 is 2.50 bits per heavy atom. The van der Waals surface area contributed by atoms with Crippen molar-refractivity contribution < 1.29 is 18.6 Å². The molecule has 11 heteroatoms. The van der Waals surface area contributed by atoms with Crippen molar-refractivity contribution in [3.63, 3.8) is 0 Å². The fourth-order valence-corrected chi connectivity index (χ4v) is 6.39. The molecule has 2 aromatic heterocycles. The van der Waals surface area contributed by atoms with Gasteiger partial charge in [-0.25, -0.2) is 0 Å². The first-order chi connectivity index (χ1) is 19.1. The lowest BCUT2D eigenvalue weighted by Gasteiger charge is -2.30. The molecule has 0 radical (unpaired) electrons. The highest BCUT2D eigenvalue weighted by Gasteiger charge is 2.33. The minimum atomic E-state index is -1.64. The Bertz CT molecular complexity index is 1630. The van der Waals surface area contributed by atoms with Crippen LogP contribution in [-0.4, -0.2) is 35.4 Å². The monoisotopic (exact) mass is 580 g/mol. The van der Waals surface area contributed by atoms with E-state index in [2.05, 4.69) is 10.0 Å². The van der Waals surface area contributed by atoms with E-state index in [0.717, 1.165) is 11.1 Å². The van der Waals surface area contributed by atoms with Crippen LogP contribution in [0.3, 0.4) is 0 Å². The van der Waals surface area contributed by atoms with E-state index in [9.17, 15) is 18.7 Å². The number of carbonyl (C=O) groups excluding carboxylic acids is 1. The van der Waals surface area contributed by atoms with Crippen molar-refractivity contribution >= 4 is 45.2 Å². The van der Waals surface area contributed by atoms with Crippen LogP contribution in [0.4, 0.5) is 5.69 Å². The number of nitrogens with one attached hydrogen (secondary N) is 2. The van der Waals surface area contributed by atoms with Gasteiger partial charge in [-0.15, -0.1) is 4.72 Å². The molecule has 5 rings (SSSR count). The number of benzene rings is 2. The molecule has 210 valence electrons. The van der Waals surface area contributed by atoms with Crippen LogP contribution in [0.25, 0.3) is 22.0 Å². The zero-order valence-corrected chi connectivity index (χ0v) is 24.7. The molecule has 0 spiro atoms. The molecular weight excluding hydrogens is 548 g/mol. The number of aryl methyl sites for hydroxylation is 2. The molecule has 3 heterocycles. The lowest BCUT2D eigenvalue weighted by atomic mass is 9.97. The van der Waals surface area contributed by atoms with Crippen LogP contribution in [0.2, 0.25) is 0 Å². The van der Waals surface area contributed by atoms with Gasteiger partial charge in [-0.3, -0.25) is 9.59 Å². The van der Waals surface area contributed by atoms with Crippen LogP contribution >= 0.6 is 0 Å². The fourth-order valence-electron chi connectivity index (χ4n) is 4.75. The number of hydrogen-bond acceptors (Lipinski definition) is 6. The highest BCUT2D eigenvalue weighted by Crippen LogP contribution is 2.43. The van der Waals surface area contributed by atoms with Gasteiger partial charge in [0.15, 0.2) is 22.3 Å². The van der Waals surface area contributed by atoms with Crippen molar-refractivity contribution in [2.75, 3.05) is 11.1 Å². The molecule has 0 bridgehead atoms. The number of ether oxygens (including phenoxy) is 1. The van der Waals surface area contributed by atoms with Gasteiger partial charge in [-0.2, -0.15) is 3.97 Å². The average molecular weight is 581 g/mol. The summed E-state index contributed by atoms with van der Waals surface area (Å²) < 4.78 is 37.9. The Morgan fingerprint density at radius 2 is 1.82 bits per heavy atom. The summed E-state index contributed by atoms with van der Waals surface area (Å²) in [5.74, 6) is 0.639. The number of pyridine rings is 1. The largest absolute Gasteiger partial charge is 0.598 e. The molecule has 3 unspecified atom stereocenters. The average Bonchev–Trinajstić information content (AvgIpc) is 3.38. The maximum Gasteiger partial charge on any atom is 0.279 e. The number of carbonyl (C=O) groups is 1. The van der Waals surface area contributed by atoms with Crippen LogP contribution < -0.4 is 20.3 Å². The van der Waals surface area contributed by atoms with E-state index in [1.807, 2.05) is 52.0 Å². The van der Waals surface area contributed by atoms with Crippen molar-refractivity contribution in [1.82, 2.24) is 13.3 Å². The molecule has 3 atom stereocenters. The summed E-state index contributed by atoms with van der Waals surface area (Å²) in [5.41, 5.74) is 3.69. The van der Waals surface area contributed by atoms with E-state index in [1.54, 1.807) is 37.6 Å². The molecule has 1 aliphatic rings. The summed E-state index contributed by atoms with van der Waals surface area (Å²) in [6.45, 7) is 7.92. The molecule has 2 aromatic carbocycles. The summed E-state index contributed by atoms with van der Waals surface area (Å²) >= 11 is -2.84. The van der Waals surface area contributed by atoms with Crippen LogP contribution in [0, 0.1) is 12.8 Å². The van der Waals surface area contributed by atoms with Crippen molar-refractivity contribution in [3.05, 3.63) is 76.3 Å². The van der Waals surface area contributed by atoms with Crippen molar-refractivity contribution in [3.8, 4) is 16.9 Å². The molecule has 1 aliphatic heterocycles. The molecule has 0 saturated heterocycles. The number of rotatable bonds is 8. The second-order valence-corrected chi connectivity index (χ2v) is 13.1. The molecule has 0 saturated carbocycles. The SMILES string of the molecule is CC[S+]([O-])NCc1cc2c(c(-c3cn(C)c(=O)c4c3ccn4[S+]([O-])c3ccc(C)cc3)c1)OC(C(C)C)C(=O)N2. The van der Waals surface area contributed by atoms with E-state index >= 15 is 0 Å². The molecule has 9 nitrogen and oxygen atoms in total. The van der Waals surface area contributed by atoms with Gasteiger partial charge in [0.05, 0.1) is 18.4 Å². The van der Waals surface area contributed by atoms with E-state index in [4.69, 9.17) is 4.74 Å². The Balaban J connectivity index is 1.70. The Morgan fingerprint density at radius 1 is 1.10 bits per heavy atom. The molecule has 40 heavy (non-hydrogen) atoms. The third-order valence-corrected chi connectivity index (χ3v) is 9.22. The van der Waals surface area contributed by atoms with Gasteiger partial charge in [-0.05, 0) is 55.7 Å². The zero-order valence-electron chi connectivity index (χ0n) is 23.0. The van der Waals surface area contributed by atoms with E-state index in [-0.39, 0.29) is 17.4 Å². The quantitative estimate of drug-likeness (QED) is 0.304. The van der Waals surface area contributed by atoms with Crippen molar-refractivity contribution in [2.24, 2.45) is 13.0 Å². The smallest absolute Gasteiger partial charge is 0.279 e. The van der Waals surface area contributed by atoms with E-state index in [0.29, 0.717) is 50.7 Å².